The maximum absolute atomic E-state index is 11.5. The van der Waals surface area contributed by atoms with E-state index in [4.69, 9.17) is 11.5 Å². The van der Waals surface area contributed by atoms with E-state index in [1.54, 1.807) is 12.1 Å². The Morgan fingerprint density at radius 3 is 2.25 bits per heavy atom. The van der Waals surface area contributed by atoms with Crippen LogP contribution in [-0.2, 0) is 0 Å². The van der Waals surface area contributed by atoms with Crippen molar-refractivity contribution in [1.82, 2.24) is 4.90 Å². The number of carbonyl (C=O) groups is 1. The Morgan fingerprint density at radius 1 is 1.15 bits per heavy atom. The summed E-state index contributed by atoms with van der Waals surface area (Å²) in [6.45, 7) is 10.4. The molecular weight excluding hydrogens is 252 g/mol. The van der Waals surface area contributed by atoms with Crippen LogP contribution in [0, 0.1) is 0 Å². The quantitative estimate of drug-likeness (QED) is 0.798. The molecule has 1 aromatic rings. The van der Waals surface area contributed by atoms with Crippen molar-refractivity contribution in [3.63, 3.8) is 0 Å². The number of carbonyl (C=O) groups excluding carboxylic acids is 1. The molecule has 5 heteroatoms. The van der Waals surface area contributed by atoms with Crippen LogP contribution >= 0.6 is 0 Å². The molecule has 110 valence electrons. The van der Waals surface area contributed by atoms with Crippen molar-refractivity contribution in [3.05, 3.63) is 23.8 Å². The molecule has 0 aromatic heterocycles. The van der Waals surface area contributed by atoms with E-state index >= 15 is 0 Å². The Balaban J connectivity index is 2.18. The first-order chi connectivity index (χ1) is 9.29. The highest BCUT2D eigenvalue weighted by Gasteiger charge is 2.27. The summed E-state index contributed by atoms with van der Waals surface area (Å²) in [5.74, 6) is -0.404. The molecule has 1 aliphatic heterocycles. The van der Waals surface area contributed by atoms with Crippen molar-refractivity contribution in [3.8, 4) is 0 Å². The minimum Gasteiger partial charge on any atom is -0.399 e. The largest absolute Gasteiger partial charge is 0.399 e. The second-order valence-electron chi connectivity index (χ2n) is 6.29. The van der Waals surface area contributed by atoms with Crippen LogP contribution in [0.1, 0.15) is 31.1 Å². The smallest absolute Gasteiger partial charge is 0.250 e. The van der Waals surface area contributed by atoms with Gasteiger partial charge in [-0.25, -0.2) is 0 Å². The number of amides is 1. The number of anilines is 2. The Labute approximate surface area is 120 Å². The van der Waals surface area contributed by atoms with Gasteiger partial charge in [-0.3, -0.25) is 9.69 Å². The first-order valence-corrected chi connectivity index (χ1v) is 6.98. The van der Waals surface area contributed by atoms with Crippen molar-refractivity contribution in [2.24, 2.45) is 5.73 Å². The van der Waals surface area contributed by atoms with E-state index in [0.29, 0.717) is 11.3 Å². The molecule has 4 N–H and O–H groups in total. The maximum Gasteiger partial charge on any atom is 0.250 e. The Morgan fingerprint density at radius 2 is 1.75 bits per heavy atom. The Kier molecular flexibility index (Phi) is 3.90. The van der Waals surface area contributed by atoms with Crippen molar-refractivity contribution in [2.75, 3.05) is 36.8 Å². The number of rotatable bonds is 2. The van der Waals surface area contributed by atoms with Crippen LogP contribution in [0.2, 0.25) is 0 Å². The monoisotopic (exact) mass is 276 g/mol. The van der Waals surface area contributed by atoms with Crippen LogP contribution in [0.25, 0.3) is 0 Å². The molecule has 0 spiro atoms. The van der Waals surface area contributed by atoms with Crippen molar-refractivity contribution in [2.45, 2.75) is 26.3 Å². The average molecular weight is 276 g/mol. The van der Waals surface area contributed by atoms with Crippen molar-refractivity contribution >= 4 is 17.3 Å². The van der Waals surface area contributed by atoms with E-state index < -0.39 is 5.91 Å². The molecule has 0 unspecified atom stereocenters. The molecule has 0 saturated carbocycles. The molecule has 1 aliphatic rings. The molecule has 1 amide bonds. The predicted octanol–water partition coefficient (Wildman–Crippen LogP) is 1.29. The van der Waals surface area contributed by atoms with E-state index in [-0.39, 0.29) is 5.54 Å². The zero-order valence-corrected chi connectivity index (χ0v) is 12.5. The molecule has 1 fully saturated rings. The lowest BCUT2D eigenvalue weighted by Crippen LogP contribution is -2.53. The van der Waals surface area contributed by atoms with E-state index in [2.05, 4.69) is 30.6 Å². The van der Waals surface area contributed by atoms with E-state index in [9.17, 15) is 4.79 Å². The number of hydrogen-bond donors (Lipinski definition) is 2. The highest BCUT2D eigenvalue weighted by molar-refractivity contribution is 5.99. The number of nitrogens with zero attached hydrogens (tertiary/aromatic N) is 2. The number of nitrogens with two attached hydrogens (primary N) is 2. The Hall–Kier alpha value is -1.75. The topological polar surface area (TPSA) is 75.6 Å². The standard InChI is InChI=1S/C15H24N4O/c1-15(2,3)19-8-6-18(7-9-19)13-10-11(16)4-5-12(13)14(17)20/h4-5,10H,6-9,16H2,1-3H3,(H2,17,20). The van der Waals surface area contributed by atoms with Crippen LogP contribution in [-0.4, -0.2) is 42.5 Å². The van der Waals surface area contributed by atoms with Gasteiger partial charge in [-0.2, -0.15) is 0 Å². The molecule has 1 saturated heterocycles. The fourth-order valence-corrected chi connectivity index (χ4v) is 2.64. The fourth-order valence-electron chi connectivity index (χ4n) is 2.64. The minimum absolute atomic E-state index is 0.175. The van der Waals surface area contributed by atoms with Crippen molar-refractivity contribution in [1.29, 1.82) is 0 Å². The molecule has 0 aliphatic carbocycles. The predicted molar refractivity (Wildman–Crippen MR) is 82.9 cm³/mol. The van der Waals surface area contributed by atoms with Gasteiger partial charge >= 0.3 is 0 Å². The highest BCUT2D eigenvalue weighted by Crippen LogP contribution is 2.26. The molecule has 0 radical (unpaired) electrons. The zero-order valence-electron chi connectivity index (χ0n) is 12.5. The SMILES string of the molecule is CC(C)(C)N1CCN(c2cc(N)ccc2C(N)=O)CC1. The number of nitrogen functional groups attached to an aromatic ring is 1. The van der Waals surface area contributed by atoms with Crippen LogP contribution < -0.4 is 16.4 Å². The van der Waals surface area contributed by atoms with Gasteiger partial charge in [0.2, 0.25) is 0 Å². The van der Waals surface area contributed by atoms with Gasteiger partial charge in [0.05, 0.1) is 11.3 Å². The highest BCUT2D eigenvalue weighted by atomic mass is 16.1. The zero-order chi connectivity index (χ0) is 14.9. The number of primary amides is 1. The molecule has 1 heterocycles. The lowest BCUT2D eigenvalue weighted by Gasteiger charge is -2.43. The third-order valence-corrected chi connectivity index (χ3v) is 3.86. The summed E-state index contributed by atoms with van der Waals surface area (Å²) in [5.41, 5.74) is 13.5. The number of benzene rings is 1. The van der Waals surface area contributed by atoms with Gasteiger partial charge < -0.3 is 16.4 Å². The fraction of sp³-hybridized carbons (Fsp3) is 0.533. The summed E-state index contributed by atoms with van der Waals surface area (Å²) >= 11 is 0. The summed E-state index contributed by atoms with van der Waals surface area (Å²) in [6.07, 6.45) is 0. The third-order valence-electron chi connectivity index (χ3n) is 3.86. The van der Waals surface area contributed by atoms with E-state index in [1.165, 1.54) is 0 Å². The van der Waals surface area contributed by atoms with Crippen LogP contribution in [0.3, 0.4) is 0 Å². The Bertz CT molecular complexity index is 499. The normalized spacial score (nSPS) is 17.2. The summed E-state index contributed by atoms with van der Waals surface area (Å²) in [5, 5.41) is 0. The van der Waals surface area contributed by atoms with Gasteiger partial charge in [-0.15, -0.1) is 0 Å². The molecule has 5 nitrogen and oxygen atoms in total. The van der Waals surface area contributed by atoms with Gasteiger partial charge in [-0.05, 0) is 39.0 Å². The summed E-state index contributed by atoms with van der Waals surface area (Å²) < 4.78 is 0. The van der Waals surface area contributed by atoms with E-state index in [1.807, 2.05) is 6.07 Å². The van der Waals surface area contributed by atoms with Gasteiger partial charge in [0.25, 0.3) is 5.91 Å². The maximum atomic E-state index is 11.5. The molecule has 0 bridgehead atoms. The molecule has 0 atom stereocenters. The summed E-state index contributed by atoms with van der Waals surface area (Å²) in [6, 6.07) is 5.27. The van der Waals surface area contributed by atoms with Gasteiger partial charge in [0, 0.05) is 37.4 Å². The van der Waals surface area contributed by atoms with Gasteiger partial charge in [-0.1, -0.05) is 0 Å². The molecule has 1 aromatic carbocycles. The molecular formula is C15H24N4O. The van der Waals surface area contributed by atoms with E-state index in [0.717, 1.165) is 31.9 Å². The van der Waals surface area contributed by atoms with Crippen LogP contribution in [0.15, 0.2) is 18.2 Å². The number of piperazine rings is 1. The van der Waals surface area contributed by atoms with Crippen LogP contribution in [0.4, 0.5) is 11.4 Å². The van der Waals surface area contributed by atoms with Crippen molar-refractivity contribution < 1.29 is 4.79 Å². The van der Waals surface area contributed by atoms with Crippen LogP contribution in [0.5, 0.6) is 0 Å². The lowest BCUT2D eigenvalue weighted by atomic mass is 10.0. The number of hydrogen-bond acceptors (Lipinski definition) is 4. The minimum atomic E-state index is -0.404. The summed E-state index contributed by atoms with van der Waals surface area (Å²) in [7, 11) is 0. The van der Waals surface area contributed by atoms with Gasteiger partial charge in [0.1, 0.15) is 0 Å². The molecule has 2 rings (SSSR count). The third kappa shape index (κ3) is 3.04. The average Bonchev–Trinajstić information content (AvgIpc) is 2.37. The summed E-state index contributed by atoms with van der Waals surface area (Å²) in [4.78, 5) is 16.2. The first-order valence-electron chi connectivity index (χ1n) is 6.98. The van der Waals surface area contributed by atoms with Gasteiger partial charge in [0.15, 0.2) is 0 Å². The lowest BCUT2D eigenvalue weighted by molar-refractivity contribution is 0.0999. The second kappa shape index (κ2) is 5.32. The second-order valence-corrected chi connectivity index (χ2v) is 6.29. The molecule has 20 heavy (non-hydrogen) atoms. The first kappa shape index (κ1) is 14.7.